The number of aryl methyl sites for hydroxylation is 1. The quantitative estimate of drug-likeness (QED) is 0.667. The van der Waals surface area contributed by atoms with E-state index in [1.807, 2.05) is 61.5 Å². The second kappa shape index (κ2) is 8.20. The molecule has 26 heavy (non-hydrogen) atoms. The molecule has 1 aromatic heterocycles. The Morgan fingerprint density at radius 2 is 1.46 bits per heavy atom. The van der Waals surface area contributed by atoms with Crippen LogP contribution in [0, 0.1) is 6.92 Å². The zero-order chi connectivity index (χ0) is 18.4. The topological polar surface area (TPSA) is 68.3 Å². The normalized spacial score (nSPS) is 10.3. The van der Waals surface area contributed by atoms with E-state index in [2.05, 4.69) is 20.6 Å². The molecule has 6 heteroatoms. The number of methoxy groups -OCH3 is 2. The smallest absolute Gasteiger partial charge is 0.225 e. The molecule has 0 aliphatic rings. The average Bonchev–Trinajstić information content (AvgIpc) is 2.67. The molecule has 0 aliphatic carbocycles. The monoisotopic (exact) mass is 350 g/mol. The highest BCUT2D eigenvalue weighted by Gasteiger charge is 2.04. The fourth-order valence-corrected chi connectivity index (χ4v) is 2.46. The van der Waals surface area contributed by atoms with Crippen molar-refractivity contribution in [3.8, 4) is 11.5 Å². The van der Waals surface area contributed by atoms with Crippen molar-refractivity contribution in [3.63, 3.8) is 0 Å². The summed E-state index contributed by atoms with van der Waals surface area (Å²) in [6.45, 7) is 2.58. The summed E-state index contributed by atoms with van der Waals surface area (Å²) >= 11 is 0. The highest BCUT2D eigenvalue weighted by molar-refractivity contribution is 5.58. The first-order chi connectivity index (χ1) is 12.7. The molecule has 0 bridgehead atoms. The first-order valence-electron chi connectivity index (χ1n) is 8.30. The maximum absolute atomic E-state index is 5.17. The maximum Gasteiger partial charge on any atom is 0.225 e. The van der Waals surface area contributed by atoms with Gasteiger partial charge < -0.3 is 20.1 Å². The minimum Gasteiger partial charge on any atom is -0.497 e. The number of rotatable bonds is 7. The van der Waals surface area contributed by atoms with E-state index < -0.39 is 0 Å². The van der Waals surface area contributed by atoms with Gasteiger partial charge in [-0.3, -0.25) is 0 Å². The van der Waals surface area contributed by atoms with Crippen LogP contribution < -0.4 is 20.1 Å². The van der Waals surface area contributed by atoms with Crippen LogP contribution in [0.25, 0.3) is 0 Å². The molecule has 0 amide bonds. The lowest BCUT2D eigenvalue weighted by Gasteiger charge is -2.11. The molecule has 3 rings (SSSR count). The first kappa shape index (κ1) is 17.5. The molecular formula is C20H22N4O2. The van der Waals surface area contributed by atoms with Crippen molar-refractivity contribution >= 4 is 17.5 Å². The van der Waals surface area contributed by atoms with Gasteiger partial charge in [0.15, 0.2) is 0 Å². The summed E-state index contributed by atoms with van der Waals surface area (Å²) in [5, 5.41) is 6.55. The molecule has 3 aromatic rings. The van der Waals surface area contributed by atoms with Crippen LogP contribution in [0.4, 0.5) is 17.5 Å². The van der Waals surface area contributed by atoms with E-state index >= 15 is 0 Å². The second-order valence-electron chi connectivity index (χ2n) is 5.77. The number of ether oxygens (including phenoxy) is 2. The Morgan fingerprint density at radius 3 is 2.08 bits per heavy atom. The Kier molecular flexibility index (Phi) is 5.53. The van der Waals surface area contributed by atoms with Crippen molar-refractivity contribution in [2.45, 2.75) is 13.5 Å². The Balaban J connectivity index is 1.67. The van der Waals surface area contributed by atoms with Gasteiger partial charge in [-0.15, -0.1) is 0 Å². The van der Waals surface area contributed by atoms with Gasteiger partial charge in [-0.1, -0.05) is 12.1 Å². The van der Waals surface area contributed by atoms with E-state index in [9.17, 15) is 0 Å². The van der Waals surface area contributed by atoms with Crippen molar-refractivity contribution in [2.24, 2.45) is 0 Å². The van der Waals surface area contributed by atoms with Crippen LogP contribution in [0.2, 0.25) is 0 Å². The average molecular weight is 350 g/mol. The molecule has 0 radical (unpaired) electrons. The molecule has 0 fully saturated rings. The van der Waals surface area contributed by atoms with E-state index in [0.717, 1.165) is 34.3 Å². The van der Waals surface area contributed by atoms with Crippen LogP contribution in [0.5, 0.6) is 11.5 Å². The third-order valence-electron chi connectivity index (χ3n) is 3.83. The molecule has 2 N–H and O–H groups in total. The molecule has 0 spiro atoms. The summed E-state index contributed by atoms with van der Waals surface area (Å²) < 4.78 is 10.3. The minimum absolute atomic E-state index is 0.580. The van der Waals surface area contributed by atoms with Gasteiger partial charge in [-0.2, -0.15) is 4.98 Å². The first-order valence-corrected chi connectivity index (χ1v) is 8.30. The Labute approximate surface area is 153 Å². The third-order valence-corrected chi connectivity index (χ3v) is 3.83. The van der Waals surface area contributed by atoms with E-state index in [-0.39, 0.29) is 0 Å². The standard InChI is InChI=1S/C20H22N4O2/c1-14-12-19(23-16-6-10-18(26-3)11-7-16)24-20(22-14)21-13-15-4-8-17(25-2)9-5-15/h4-12H,13H2,1-3H3,(H2,21,22,23,24). The van der Waals surface area contributed by atoms with Crippen LogP contribution >= 0.6 is 0 Å². The van der Waals surface area contributed by atoms with Gasteiger partial charge in [-0.25, -0.2) is 4.98 Å². The molecule has 0 saturated heterocycles. The summed E-state index contributed by atoms with van der Waals surface area (Å²) in [5.41, 5.74) is 2.94. The SMILES string of the molecule is COc1ccc(CNc2nc(C)cc(Nc3ccc(OC)cc3)n2)cc1. The van der Waals surface area contributed by atoms with Gasteiger partial charge in [0.1, 0.15) is 17.3 Å². The van der Waals surface area contributed by atoms with Crippen molar-refractivity contribution in [1.29, 1.82) is 0 Å². The van der Waals surface area contributed by atoms with Gasteiger partial charge in [0.05, 0.1) is 14.2 Å². The van der Waals surface area contributed by atoms with Gasteiger partial charge >= 0.3 is 0 Å². The number of anilines is 3. The molecule has 0 unspecified atom stereocenters. The van der Waals surface area contributed by atoms with Gasteiger partial charge in [0, 0.05) is 24.0 Å². The van der Waals surface area contributed by atoms with Gasteiger partial charge in [-0.05, 0) is 48.9 Å². The van der Waals surface area contributed by atoms with Crippen molar-refractivity contribution in [2.75, 3.05) is 24.9 Å². The summed E-state index contributed by atoms with van der Waals surface area (Å²) in [7, 11) is 3.31. The summed E-state index contributed by atoms with van der Waals surface area (Å²) in [5.74, 6) is 2.97. The number of hydrogen-bond donors (Lipinski definition) is 2. The van der Waals surface area contributed by atoms with Crippen molar-refractivity contribution in [1.82, 2.24) is 9.97 Å². The fraction of sp³-hybridized carbons (Fsp3) is 0.200. The van der Waals surface area contributed by atoms with E-state index in [1.54, 1.807) is 14.2 Å². The Hall–Kier alpha value is -3.28. The summed E-state index contributed by atoms with van der Waals surface area (Å²) in [4.78, 5) is 8.98. The number of benzene rings is 2. The molecule has 2 aromatic carbocycles. The van der Waals surface area contributed by atoms with Crippen LogP contribution in [0.15, 0.2) is 54.6 Å². The number of hydrogen-bond acceptors (Lipinski definition) is 6. The van der Waals surface area contributed by atoms with E-state index in [1.165, 1.54) is 0 Å². The maximum atomic E-state index is 5.17. The molecule has 134 valence electrons. The molecule has 1 heterocycles. The van der Waals surface area contributed by atoms with E-state index in [0.29, 0.717) is 12.5 Å². The molecular weight excluding hydrogens is 328 g/mol. The lowest BCUT2D eigenvalue weighted by molar-refractivity contribution is 0.414. The number of nitrogens with zero attached hydrogens (tertiary/aromatic N) is 2. The highest BCUT2D eigenvalue weighted by Crippen LogP contribution is 2.20. The third kappa shape index (κ3) is 4.63. The molecule has 0 aliphatic heterocycles. The predicted octanol–water partition coefficient (Wildman–Crippen LogP) is 4.16. The van der Waals surface area contributed by atoms with Crippen LogP contribution in [0.3, 0.4) is 0 Å². The van der Waals surface area contributed by atoms with Crippen LogP contribution in [-0.2, 0) is 6.54 Å². The molecule has 6 nitrogen and oxygen atoms in total. The fourth-order valence-electron chi connectivity index (χ4n) is 2.46. The van der Waals surface area contributed by atoms with Gasteiger partial charge in [0.2, 0.25) is 5.95 Å². The predicted molar refractivity (Wildman–Crippen MR) is 103 cm³/mol. The van der Waals surface area contributed by atoms with Gasteiger partial charge in [0.25, 0.3) is 0 Å². The lowest BCUT2D eigenvalue weighted by Crippen LogP contribution is -2.06. The lowest BCUT2D eigenvalue weighted by atomic mass is 10.2. The highest BCUT2D eigenvalue weighted by atomic mass is 16.5. The molecule has 0 atom stereocenters. The number of nitrogens with one attached hydrogen (secondary N) is 2. The Bertz CT molecular complexity index is 849. The van der Waals surface area contributed by atoms with Crippen molar-refractivity contribution in [3.05, 3.63) is 65.9 Å². The summed E-state index contributed by atoms with van der Waals surface area (Å²) in [6.07, 6.45) is 0. The summed E-state index contributed by atoms with van der Waals surface area (Å²) in [6, 6.07) is 17.5. The second-order valence-corrected chi connectivity index (χ2v) is 5.77. The largest absolute Gasteiger partial charge is 0.497 e. The Morgan fingerprint density at radius 1 is 0.846 bits per heavy atom. The van der Waals surface area contributed by atoms with E-state index in [4.69, 9.17) is 9.47 Å². The zero-order valence-electron chi connectivity index (χ0n) is 15.1. The van der Waals surface area contributed by atoms with Crippen LogP contribution in [-0.4, -0.2) is 24.2 Å². The van der Waals surface area contributed by atoms with Crippen LogP contribution in [0.1, 0.15) is 11.3 Å². The number of aromatic nitrogens is 2. The minimum atomic E-state index is 0.580. The van der Waals surface area contributed by atoms with Crippen molar-refractivity contribution < 1.29 is 9.47 Å². The molecule has 0 saturated carbocycles. The zero-order valence-corrected chi connectivity index (χ0v) is 15.1.